The van der Waals surface area contributed by atoms with Crippen molar-refractivity contribution in [3.63, 3.8) is 0 Å². The molecule has 0 aromatic rings. The number of halogens is 2. The third kappa shape index (κ3) is 0.815. The van der Waals surface area contributed by atoms with Crippen LogP contribution in [0.4, 0.5) is 13.6 Å². The number of carbonyl (C=O) groups excluding carboxylic acids is 1. The molecule has 0 aliphatic carbocycles. The maximum absolute atomic E-state index is 12.9. The fourth-order valence-electron chi connectivity index (χ4n) is 0.658. The normalized spacial score (nSPS) is 32.7. The quantitative estimate of drug-likeness (QED) is 0.516. The van der Waals surface area contributed by atoms with Gasteiger partial charge in [0.05, 0.1) is 0 Å². The molecular weight excluding hydrogens is 144 g/mol. The fourth-order valence-corrected chi connectivity index (χ4v) is 0.658. The molecule has 1 aliphatic rings. The van der Waals surface area contributed by atoms with Gasteiger partial charge >= 0.3 is 6.09 Å². The van der Waals surface area contributed by atoms with Crippen LogP contribution in [0.5, 0.6) is 0 Å². The number of nitrogens with zero attached hydrogens (tertiary/aromatic N) is 1. The van der Waals surface area contributed by atoms with Crippen molar-refractivity contribution in [1.29, 1.82) is 0 Å². The summed E-state index contributed by atoms with van der Waals surface area (Å²) in [5, 5.41) is 0. The summed E-state index contributed by atoms with van der Waals surface area (Å²) in [5.41, 5.74) is 0. The fraction of sp³-hybridized carbons (Fsp3) is 0.800. The predicted molar refractivity (Wildman–Crippen MR) is 28.9 cm³/mol. The summed E-state index contributed by atoms with van der Waals surface area (Å²) in [6.45, 7) is -1.74. The Labute approximate surface area is 56.6 Å². The number of alkyl halides is 2. The molecular formula is C5H7F2NO2. The molecule has 1 rings (SSSR count). The van der Waals surface area contributed by atoms with Crippen molar-refractivity contribution in [3.05, 3.63) is 0 Å². The van der Waals surface area contributed by atoms with E-state index in [0.717, 1.165) is 7.05 Å². The van der Waals surface area contributed by atoms with Crippen LogP contribution in [-0.4, -0.2) is 37.1 Å². The molecule has 1 fully saturated rings. The predicted octanol–water partition coefficient (Wildman–Crippen LogP) is 0.704. The highest BCUT2D eigenvalue weighted by molar-refractivity contribution is 5.70. The van der Waals surface area contributed by atoms with Crippen molar-refractivity contribution in [2.75, 3.05) is 20.3 Å². The minimum atomic E-state index is -2.24. The van der Waals surface area contributed by atoms with Crippen molar-refractivity contribution < 1.29 is 18.3 Å². The van der Waals surface area contributed by atoms with E-state index in [4.69, 9.17) is 0 Å². The van der Waals surface area contributed by atoms with Crippen molar-refractivity contribution in [1.82, 2.24) is 4.90 Å². The van der Waals surface area contributed by atoms with Gasteiger partial charge in [-0.1, -0.05) is 0 Å². The highest BCUT2D eigenvalue weighted by atomic mass is 19.2. The Hall–Kier alpha value is -0.870. The van der Waals surface area contributed by atoms with E-state index in [9.17, 15) is 13.6 Å². The summed E-state index contributed by atoms with van der Waals surface area (Å²) >= 11 is 0. The number of amides is 1. The molecule has 0 aromatic carbocycles. The van der Waals surface area contributed by atoms with Crippen molar-refractivity contribution >= 4 is 6.09 Å². The summed E-state index contributed by atoms with van der Waals surface area (Å²) in [4.78, 5) is 11.1. The molecule has 0 saturated carbocycles. The molecule has 0 bridgehead atoms. The highest BCUT2D eigenvalue weighted by Gasteiger charge is 2.46. The van der Waals surface area contributed by atoms with E-state index in [1.807, 2.05) is 0 Å². The van der Waals surface area contributed by atoms with Crippen LogP contribution in [0.25, 0.3) is 0 Å². The summed E-state index contributed by atoms with van der Waals surface area (Å²) in [6.07, 6.45) is -0.819. The number of carbonyl (C=O) groups is 1. The lowest BCUT2D eigenvalue weighted by Gasteiger charge is -2.19. The second-order valence-electron chi connectivity index (χ2n) is 2.17. The van der Waals surface area contributed by atoms with Crippen LogP contribution >= 0.6 is 0 Å². The number of rotatable bonds is 1. The third-order valence-corrected chi connectivity index (χ3v) is 1.50. The van der Waals surface area contributed by atoms with E-state index in [1.54, 1.807) is 0 Å². The minimum Gasteiger partial charge on any atom is -0.444 e. The molecule has 58 valence electrons. The smallest absolute Gasteiger partial charge is 0.412 e. The van der Waals surface area contributed by atoms with Crippen molar-refractivity contribution in [2.24, 2.45) is 0 Å². The second-order valence-corrected chi connectivity index (χ2v) is 2.17. The zero-order valence-electron chi connectivity index (χ0n) is 5.43. The van der Waals surface area contributed by atoms with Gasteiger partial charge in [0, 0.05) is 7.05 Å². The molecule has 1 amide bonds. The Bertz CT molecular complexity index is 164. The van der Waals surface area contributed by atoms with Crippen LogP contribution in [-0.2, 0) is 4.74 Å². The molecule has 0 spiro atoms. The van der Waals surface area contributed by atoms with Gasteiger partial charge in [0.15, 0.2) is 0 Å². The SMILES string of the molecule is CN1C(=O)OCC1(F)CF. The van der Waals surface area contributed by atoms with Crippen LogP contribution in [0, 0.1) is 0 Å². The number of hydrogen-bond donors (Lipinski definition) is 0. The minimum absolute atomic E-state index is 0.515. The number of ether oxygens (including phenoxy) is 1. The first-order valence-corrected chi connectivity index (χ1v) is 2.75. The first-order chi connectivity index (χ1) is 4.60. The lowest BCUT2D eigenvalue weighted by Crippen LogP contribution is -2.42. The van der Waals surface area contributed by atoms with Gasteiger partial charge in [0.25, 0.3) is 0 Å². The standard InChI is InChI=1S/C5H7F2NO2/c1-8-4(9)10-3-5(8,7)2-6/h2-3H2,1H3. The van der Waals surface area contributed by atoms with E-state index in [-0.39, 0.29) is 0 Å². The first kappa shape index (κ1) is 7.24. The lowest BCUT2D eigenvalue weighted by molar-refractivity contribution is 0.0145. The summed E-state index contributed by atoms with van der Waals surface area (Å²) in [7, 11) is 1.16. The Morgan fingerprint density at radius 2 is 2.50 bits per heavy atom. The van der Waals surface area contributed by atoms with Crippen molar-refractivity contribution in [3.8, 4) is 0 Å². The molecule has 1 heterocycles. The van der Waals surface area contributed by atoms with E-state index in [2.05, 4.69) is 4.74 Å². The largest absolute Gasteiger partial charge is 0.444 e. The Morgan fingerprint density at radius 3 is 2.70 bits per heavy atom. The molecule has 3 nitrogen and oxygen atoms in total. The van der Waals surface area contributed by atoms with E-state index in [0.29, 0.717) is 4.90 Å². The molecule has 1 unspecified atom stereocenters. The molecule has 1 saturated heterocycles. The van der Waals surface area contributed by atoms with Crippen LogP contribution in [0.3, 0.4) is 0 Å². The van der Waals surface area contributed by atoms with Gasteiger partial charge in [-0.05, 0) is 0 Å². The number of hydrogen-bond acceptors (Lipinski definition) is 2. The van der Waals surface area contributed by atoms with Gasteiger partial charge in [-0.25, -0.2) is 13.6 Å². The monoisotopic (exact) mass is 151 g/mol. The van der Waals surface area contributed by atoms with Crippen molar-refractivity contribution in [2.45, 2.75) is 5.79 Å². The van der Waals surface area contributed by atoms with Gasteiger partial charge in [0.2, 0.25) is 5.79 Å². The van der Waals surface area contributed by atoms with Gasteiger partial charge in [-0.3, -0.25) is 4.90 Å². The Morgan fingerprint density at radius 1 is 1.90 bits per heavy atom. The highest BCUT2D eigenvalue weighted by Crippen LogP contribution is 2.24. The third-order valence-electron chi connectivity index (χ3n) is 1.50. The summed E-state index contributed by atoms with van der Waals surface area (Å²) in [5.74, 6) is -2.24. The summed E-state index contributed by atoms with van der Waals surface area (Å²) in [6, 6.07) is 0. The molecule has 1 atom stereocenters. The average Bonchev–Trinajstić information content (AvgIpc) is 2.19. The second kappa shape index (κ2) is 2.07. The van der Waals surface area contributed by atoms with Gasteiger partial charge < -0.3 is 4.74 Å². The molecule has 0 radical (unpaired) electrons. The maximum atomic E-state index is 12.9. The molecule has 0 aromatic heterocycles. The van der Waals surface area contributed by atoms with Crippen LogP contribution in [0.1, 0.15) is 0 Å². The van der Waals surface area contributed by atoms with Crippen LogP contribution in [0.15, 0.2) is 0 Å². The van der Waals surface area contributed by atoms with E-state index < -0.39 is 25.2 Å². The van der Waals surface area contributed by atoms with Crippen LogP contribution < -0.4 is 0 Å². The summed E-state index contributed by atoms with van der Waals surface area (Å²) < 4.78 is 29.0. The maximum Gasteiger partial charge on any atom is 0.412 e. The van der Waals surface area contributed by atoms with E-state index >= 15 is 0 Å². The Kier molecular flexibility index (Phi) is 1.50. The van der Waals surface area contributed by atoms with E-state index in [1.165, 1.54) is 0 Å². The van der Waals surface area contributed by atoms with Crippen LogP contribution in [0.2, 0.25) is 0 Å². The zero-order chi connectivity index (χ0) is 7.78. The average molecular weight is 151 g/mol. The first-order valence-electron chi connectivity index (χ1n) is 2.75. The van der Waals surface area contributed by atoms with Gasteiger partial charge in [-0.15, -0.1) is 0 Å². The number of likely N-dealkylation sites (N-methyl/N-ethyl adjacent to an activating group) is 1. The topological polar surface area (TPSA) is 29.5 Å². The zero-order valence-corrected chi connectivity index (χ0v) is 5.43. The van der Waals surface area contributed by atoms with Gasteiger partial charge in [0.1, 0.15) is 13.3 Å². The lowest BCUT2D eigenvalue weighted by atomic mass is 10.3. The molecule has 0 N–H and O–H groups in total. The molecule has 10 heavy (non-hydrogen) atoms. The Balaban J connectivity index is 2.73. The molecule has 5 heteroatoms. The van der Waals surface area contributed by atoms with Gasteiger partial charge in [-0.2, -0.15) is 0 Å². The number of cyclic esters (lactones) is 1. The molecule has 1 aliphatic heterocycles.